The zero-order valence-corrected chi connectivity index (χ0v) is 12.5. The SMILES string of the molecule is CSc1ccc(-c2nc(N)nc(C(C)(C)C)n2)cc1. The van der Waals surface area contributed by atoms with Crippen molar-refractivity contribution in [2.45, 2.75) is 31.1 Å². The third-order valence-electron chi connectivity index (χ3n) is 2.67. The van der Waals surface area contributed by atoms with Crippen LogP contribution in [0.1, 0.15) is 26.6 Å². The molecule has 4 nitrogen and oxygen atoms in total. The van der Waals surface area contributed by atoms with Crippen LogP contribution in [0.2, 0.25) is 0 Å². The monoisotopic (exact) mass is 274 g/mol. The van der Waals surface area contributed by atoms with Gasteiger partial charge in [-0.1, -0.05) is 32.9 Å². The summed E-state index contributed by atoms with van der Waals surface area (Å²) in [6.45, 7) is 6.17. The second-order valence-electron chi connectivity index (χ2n) is 5.32. The molecule has 0 fully saturated rings. The minimum absolute atomic E-state index is 0.148. The topological polar surface area (TPSA) is 64.7 Å². The summed E-state index contributed by atoms with van der Waals surface area (Å²) in [5.41, 5.74) is 6.59. The number of hydrogen-bond acceptors (Lipinski definition) is 5. The number of hydrogen-bond donors (Lipinski definition) is 1. The zero-order valence-electron chi connectivity index (χ0n) is 11.6. The first-order valence-corrected chi connectivity index (χ1v) is 7.29. The molecule has 0 unspecified atom stereocenters. The Morgan fingerprint density at radius 3 is 2.16 bits per heavy atom. The van der Waals surface area contributed by atoms with Gasteiger partial charge in [-0.15, -0.1) is 11.8 Å². The molecule has 0 aliphatic rings. The molecule has 0 radical (unpaired) electrons. The molecule has 5 heteroatoms. The molecule has 1 heterocycles. The largest absolute Gasteiger partial charge is 0.368 e. The first-order chi connectivity index (χ1) is 8.90. The van der Waals surface area contributed by atoms with Crippen LogP contribution in [-0.4, -0.2) is 21.2 Å². The molecule has 100 valence electrons. The Bertz CT molecular complexity index is 573. The number of aromatic nitrogens is 3. The number of nitrogens with zero attached hydrogens (tertiary/aromatic N) is 3. The zero-order chi connectivity index (χ0) is 14.0. The Morgan fingerprint density at radius 1 is 1.00 bits per heavy atom. The minimum atomic E-state index is -0.148. The van der Waals surface area contributed by atoms with E-state index in [1.807, 2.05) is 18.4 Å². The molecular formula is C14H18N4S. The van der Waals surface area contributed by atoms with Gasteiger partial charge in [0.05, 0.1) is 0 Å². The van der Waals surface area contributed by atoms with Gasteiger partial charge >= 0.3 is 0 Å². The third kappa shape index (κ3) is 3.23. The Morgan fingerprint density at radius 2 is 1.63 bits per heavy atom. The summed E-state index contributed by atoms with van der Waals surface area (Å²) in [4.78, 5) is 14.2. The third-order valence-corrected chi connectivity index (χ3v) is 3.42. The molecule has 0 saturated heterocycles. The second-order valence-corrected chi connectivity index (χ2v) is 6.20. The molecule has 0 amide bonds. The summed E-state index contributed by atoms with van der Waals surface area (Å²) in [7, 11) is 0. The van der Waals surface area contributed by atoms with Gasteiger partial charge in [0.25, 0.3) is 0 Å². The quantitative estimate of drug-likeness (QED) is 0.852. The maximum absolute atomic E-state index is 5.78. The molecule has 0 aliphatic carbocycles. The van der Waals surface area contributed by atoms with Crippen LogP contribution in [0, 0.1) is 0 Å². The molecule has 2 N–H and O–H groups in total. The average Bonchev–Trinajstić information content (AvgIpc) is 2.37. The number of rotatable bonds is 2. The summed E-state index contributed by atoms with van der Waals surface area (Å²) in [6, 6.07) is 8.12. The van der Waals surface area contributed by atoms with E-state index in [9.17, 15) is 0 Å². The Labute approximate surface area is 117 Å². The Kier molecular flexibility index (Phi) is 3.75. The summed E-state index contributed by atoms with van der Waals surface area (Å²) < 4.78 is 0. The van der Waals surface area contributed by atoms with Gasteiger partial charge in [-0.25, -0.2) is 4.98 Å². The van der Waals surface area contributed by atoms with Gasteiger partial charge in [-0.2, -0.15) is 9.97 Å². The van der Waals surface area contributed by atoms with E-state index < -0.39 is 0 Å². The van der Waals surface area contributed by atoms with Gasteiger partial charge in [-0.3, -0.25) is 0 Å². The van der Waals surface area contributed by atoms with Gasteiger partial charge in [-0.05, 0) is 18.4 Å². The molecular weight excluding hydrogens is 256 g/mol. The minimum Gasteiger partial charge on any atom is -0.368 e. The lowest BCUT2D eigenvalue weighted by Crippen LogP contribution is -2.18. The lowest BCUT2D eigenvalue weighted by atomic mass is 9.96. The predicted octanol–water partition coefficient (Wildman–Crippen LogP) is 3.14. The van der Waals surface area contributed by atoms with Gasteiger partial charge in [0.2, 0.25) is 5.95 Å². The highest BCUT2D eigenvalue weighted by Crippen LogP contribution is 2.24. The van der Waals surface area contributed by atoms with Crippen molar-refractivity contribution >= 4 is 17.7 Å². The predicted molar refractivity (Wildman–Crippen MR) is 80.2 cm³/mol. The molecule has 0 aliphatic heterocycles. The van der Waals surface area contributed by atoms with Crippen LogP contribution in [0.5, 0.6) is 0 Å². The maximum atomic E-state index is 5.78. The smallest absolute Gasteiger partial charge is 0.223 e. The van der Waals surface area contributed by atoms with Gasteiger partial charge in [0.15, 0.2) is 5.82 Å². The average molecular weight is 274 g/mol. The molecule has 0 bridgehead atoms. The fraction of sp³-hybridized carbons (Fsp3) is 0.357. The number of nitrogen functional groups attached to an aromatic ring is 1. The van der Waals surface area contributed by atoms with Crippen LogP contribution >= 0.6 is 11.8 Å². The van der Waals surface area contributed by atoms with Crippen LogP contribution in [0.3, 0.4) is 0 Å². The van der Waals surface area contributed by atoms with Crippen molar-refractivity contribution in [1.82, 2.24) is 15.0 Å². The maximum Gasteiger partial charge on any atom is 0.223 e. The van der Waals surface area contributed by atoms with E-state index in [1.165, 1.54) is 4.90 Å². The van der Waals surface area contributed by atoms with Crippen molar-refractivity contribution in [1.29, 1.82) is 0 Å². The second kappa shape index (κ2) is 5.17. The van der Waals surface area contributed by atoms with Crippen LogP contribution < -0.4 is 5.73 Å². The van der Waals surface area contributed by atoms with Crippen molar-refractivity contribution in [3.05, 3.63) is 30.1 Å². The molecule has 0 spiro atoms. The fourth-order valence-electron chi connectivity index (χ4n) is 1.60. The lowest BCUT2D eigenvalue weighted by molar-refractivity contribution is 0.544. The molecule has 19 heavy (non-hydrogen) atoms. The molecule has 2 rings (SSSR count). The summed E-state index contributed by atoms with van der Waals surface area (Å²) in [6.07, 6.45) is 2.05. The lowest BCUT2D eigenvalue weighted by Gasteiger charge is -2.17. The number of nitrogens with two attached hydrogens (primary N) is 1. The van der Waals surface area contributed by atoms with E-state index in [2.05, 4.69) is 47.9 Å². The van der Waals surface area contributed by atoms with E-state index in [0.29, 0.717) is 11.6 Å². The Balaban J connectivity index is 2.46. The van der Waals surface area contributed by atoms with Crippen molar-refractivity contribution in [2.24, 2.45) is 0 Å². The van der Waals surface area contributed by atoms with Crippen molar-refractivity contribution in [3.63, 3.8) is 0 Å². The summed E-state index contributed by atoms with van der Waals surface area (Å²) in [5.74, 6) is 1.61. The highest BCUT2D eigenvalue weighted by atomic mass is 32.2. The standard InChI is InChI=1S/C14H18N4S/c1-14(2,3)12-16-11(17-13(15)18-12)9-5-7-10(19-4)8-6-9/h5-8H,1-4H3,(H2,15,16,17,18). The molecule has 1 aromatic carbocycles. The van der Waals surface area contributed by atoms with Crippen molar-refractivity contribution in [2.75, 3.05) is 12.0 Å². The number of thioether (sulfide) groups is 1. The van der Waals surface area contributed by atoms with Crippen LogP contribution in [-0.2, 0) is 5.41 Å². The van der Waals surface area contributed by atoms with E-state index in [-0.39, 0.29) is 11.4 Å². The Hall–Kier alpha value is -1.62. The van der Waals surface area contributed by atoms with Crippen molar-refractivity contribution in [3.8, 4) is 11.4 Å². The normalized spacial score (nSPS) is 11.6. The van der Waals surface area contributed by atoms with E-state index in [0.717, 1.165) is 5.56 Å². The van der Waals surface area contributed by atoms with Crippen LogP contribution in [0.15, 0.2) is 29.2 Å². The van der Waals surface area contributed by atoms with Crippen molar-refractivity contribution < 1.29 is 0 Å². The first kappa shape index (κ1) is 13.8. The first-order valence-electron chi connectivity index (χ1n) is 6.06. The molecule has 2 aromatic rings. The number of benzene rings is 1. The summed E-state index contributed by atoms with van der Waals surface area (Å²) >= 11 is 1.71. The highest BCUT2D eigenvalue weighted by Gasteiger charge is 2.19. The highest BCUT2D eigenvalue weighted by molar-refractivity contribution is 7.98. The summed E-state index contributed by atoms with van der Waals surface area (Å²) in [5, 5.41) is 0. The van der Waals surface area contributed by atoms with Gasteiger partial charge in [0.1, 0.15) is 5.82 Å². The van der Waals surface area contributed by atoms with E-state index in [4.69, 9.17) is 5.73 Å². The molecule has 0 saturated carbocycles. The van der Waals surface area contributed by atoms with E-state index in [1.54, 1.807) is 11.8 Å². The van der Waals surface area contributed by atoms with E-state index >= 15 is 0 Å². The molecule has 0 atom stereocenters. The molecule has 1 aromatic heterocycles. The number of anilines is 1. The van der Waals surface area contributed by atoms with Crippen LogP contribution in [0.4, 0.5) is 5.95 Å². The van der Waals surface area contributed by atoms with Crippen LogP contribution in [0.25, 0.3) is 11.4 Å². The fourth-order valence-corrected chi connectivity index (χ4v) is 2.01. The van der Waals surface area contributed by atoms with Gasteiger partial charge in [0, 0.05) is 15.9 Å². The van der Waals surface area contributed by atoms with Gasteiger partial charge < -0.3 is 5.73 Å².